The van der Waals surface area contributed by atoms with Crippen molar-refractivity contribution in [1.29, 1.82) is 0 Å². The third-order valence-electron chi connectivity index (χ3n) is 0.921. The molecule has 0 bridgehead atoms. The minimum Gasteiger partial charge on any atom is -0.235 e. The van der Waals surface area contributed by atoms with Crippen LogP contribution in [0.3, 0.4) is 0 Å². The molecule has 0 saturated heterocycles. The monoisotopic (exact) mass is 137 g/mol. The summed E-state index contributed by atoms with van der Waals surface area (Å²) in [6.45, 7) is 0. The molecule has 1 rings (SSSR count). The Morgan fingerprint density at radius 3 is 2.90 bits per heavy atom. The molecule has 0 amide bonds. The van der Waals surface area contributed by atoms with Gasteiger partial charge in [0.2, 0.25) is 0 Å². The molecule has 1 aromatic rings. The minimum absolute atomic E-state index is 0.368. The van der Waals surface area contributed by atoms with Crippen LogP contribution in [0.4, 0.5) is 5.69 Å². The summed E-state index contributed by atoms with van der Waals surface area (Å²) in [5.74, 6) is 0. The maximum Gasteiger partial charge on any atom is 0.162 e. The van der Waals surface area contributed by atoms with Crippen molar-refractivity contribution < 1.29 is 5.03 Å². The Morgan fingerprint density at radius 2 is 2.40 bits per heavy atom. The summed E-state index contributed by atoms with van der Waals surface area (Å²) in [6.07, 6.45) is 0. The van der Waals surface area contributed by atoms with Gasteiger partial charge < -0.3 is 0 Å². The molecule has 4 nitrogen and oxygen atoms in total. The van der Waals surface area contributed by atoms with Crippen LogP contribution in [0.1, 0.15) is 0 Å². The van der Waals surface area contributed by atoms with Crippen molar-refractivity contribution in [1.82, 2.24) is 0 Å². The van der Waals surface area contributed by atoms with Crippen LogP contribution in [0.2, 0.25) is 0 Å². The Kier molecular flexibility index (Phi) is 1.84. The number of para-hydroxylation sites is 1. The number of hydrogen-bond donors (Lipinski definition) is 1. The maximum atomic E-state index is 9.84. The van der Waals surface area contributed by atoms with Gasteiger partial charge in [0.15, 0.2) is 5.03 Å². The molecular weight excluding hydrogens is 132 g/mol. The summed E-state index contributed by atoms with van der Waals surface area (Å²) in [4.78, 5) is 9.84. The first-order chi connectivity index (χ1) is 4.79. The van der Waals surface area contributed by atoms with Crippen molar-refractivity contribution >= 4 is 5.69 Å². The summed E-state index contributed by atoms with van der Waals surface area (Å²) in [7, 11) is 0. The molecule has 51 valence electrons. The van der Waals surface area contributed by atoms with Crippen molar-refractivity contribution in [2.75, 3.05) is 5.43 Å². The van der Waals surface area contributed by atoms with Crippen LogP contribution in [0.5, 0.6) is 0 Å². The first-order valence-electron chi connectivity index (χ1n) is 2.67. The highest BCUT2D eigenvalue weighted by Gasteiger charge is 1.94. The summed E-state index contributed by atoms with van der Waals surface area (Å²) in [5, 5.41) is 9.22. The quantitative estimate of drug-likeness (QED) is 0.490. The van der Waals surface area contributed by atoms with Crippen LogP contribution < -0.4 is 5.43 Å². The third kappa shape index (κ3) is 1.74. The smallest absolute Gasteiger partial charge is 0.162 e. The Hall–Kier alpha value is -1.58. The maximum absolute atomic E-state index is 9.84. The zero-order chi connectivity index (χ0) is 7.40. The number of benzene rings is 1. The van der Waals surface area contributed by atoms with E-state index in [1.165, 1.54) is 0 Å². The number of anilines is 1. The molecule has 0 atom stereocenters. The van der Waals surface area contributed by atoms with E-state index in [0.29, 0.717) is 5.69 Å². The minimum atomic E-state index is -0.619. The van der Waals surface area contributed by atoms with Gasteiger partial charge in [-0.15, -0.1) is 5.43 Å². The number of hydrazine groups is 1. The number of nitrogens with zero attached hydrogens (tertiary/aromatic N) is 1. The van der Waals surface area contributed by atoms with E-state index in [1.807, 2.05) is 5.43 Å². The van der Waals surface area contributed by atoms with E-state index in [2.05, 4.69) is 6.07 Å². The molecule has 0 aliphatic carbocycles. The number of nitro groups is 1. The molecule has 0 saturated carbocycles. The Balaban J connectivity index is 2.67. The predicted molar refractivity (Wildman–Crippen MR) is 35.9 cm³/mol. The summed E-state index contributed by atoms with van der Waals surface area (Å²) in [5.41, 5.74) is 2.34. The van der Waals surface area contributed by atoms with Crippen LogP contribution in [-0.4, -0.2) is 5.03 Å². The normalized spacial score (nSPS) is 8.80. The second kappa shape index (κ2) is 2.82. The average Bonchev–Trinajstić information content (AvgIpc) is 1.88. The van der Waals surface area contributed by atoms with Crippen LogP contribution >= 0.6 is 0 Å². The molecule has 1 radical (unpaired) electrons. The second-order valence-corrected chi connectivity index (χ2v) is 1.65. The lowest BCUT2D eigenvalue weighted by Crippen LogP contribution is -2.07. The second-order valence-electron chi connectivity index (χ2n) is 1.65. The molecule has 1 N–H and O–H groups in total. The molecule has 4 heteroatoms. The topological polar surface area (TPSA) is 55.2 Å². The van der Waals surface area contributed by atoms with Crippen molar-refractivity contribution in [3.05, 3.63) is 40.4 Å². The van der Waals surface area contributed by atoms with E-state index in [9.17, 15) is 10.1 Å². The highest BCUT2D eigenvalue weighted by Crippen LogP contribution is 2.02. The standard InChI is InChI=1S/C6H5N2O2/c9-8(10)7-6-4-2-1-3-5-6/h1-4,7H. The summed E-state index contributed by atoms with van der Waals surface area (Å²) < 4.78 is 0. The molecule has 1 aromatic carbocycles. The van der Waals surface area contributed by atoms with Gasteiger partial charge in [-0.25, -0.2) is 10.1 Å². The van der Waals surface area contributed by atoms with Gasteiger partial charge in [0, 0.05) is 6.07 Å². The van der Waals surface area contributed by atoms with Crippen LogP contribution in [0.25, 0.3) is 0 Å². The lowest BCUT2D eigenvalue weighted by atomic mass is 10.3. The molecule has 0 aromatic heterocycles. The van der Waals surface area contributed by atoms with E-state index in [1.54, 1.807) is 24.3 Å². The Labute approximate surface area is 57.6 Å². The third-order valence-corrected chi connectivity index (χ3v) is 0.921. The molecule has 0 heterocycles. The fourth-order valence-electron chi connectivity index (χ4n) is 0.561. The van der Waals surface area contributed by atoms with E-state index in [-0.39, 0.29) is 0 Å². The van der Waals surface area contributed by atoms with Gasteiger partial charge in [-0.3, -0.25) is 0 Å². The fraction of sp³-hybridized carbons (Fsp3) is 0. The van der Waals surface area contributed by atoms with Crippen LogP contribution in [0, 0.1) is 16.2 Å². The Bertz CT molecular complexity index is 222. The fourth-order valence-corrected chi connectivity index (χ4v) is 0.561. The van der Waals surface area contributed by atoms with Gasteiger partial charge in [0.1, 0.15) is 5.69 Å². The average molecular weight is 137 g/mol. The number of nitrogens with one attached hydrogen (secondary N) is 1. The lowest BCUT2D eigenvalue weighted by molar-refractivity contribution is -0.445. The van der Waals surface area contributed by atoms with Gasteiger partial charge in [-0.2, -0.15) is 0 Å². The van der Waals surface area contributed by atoms with E-state index in [0.717, 1.165) is 0 Å². The zero-order valence-electron chi connectivity index (χ0n) is 5.07. The summed E-state index contributed by atoms with van der Waals surface area (Å²) in [6, 6.07) is 9.26. The lowest BCUT2D eigenvalue weighted by Gasteiger charge is -1.92. The van der Waals surface area contributed by atoms with E-state index < -0.39 is 5.03 Å². The molecule has 0 aliphatic rings. The Morgan fingerprint density at radius 1 is 1.60 bits per heavy atom. The van der Waals surface area contributed by atoms with Crippen molar-refractivity contribution in [3.8, 4) is 0 Å². The van der Waals surface area contributed by atoms with Crippen molar-refractivity contribution in [2.45, 2.75) is 0 Å². The highest BCUT2D eigenvalue weighted by atomic mass is 16.7. The molecule has 0 unspecified atom stereocenters. The molecule has 10 heavy (non-hydrogen) atoms. The van der Waals surface area contributed by atoms with Gasteiger partial charge in [0.05, 0.1) is 0 Å². The largest absolute Gasteiger partial charge is 0.235 e. The van der Waals surface area contributed by atoms with Crippen molar-refractivity contribution in [2.24, 2.45) is 0 Å². The highest BCUT2D eigenvalue weighted by molar-refractivity contribution is 5.38. The van der Waals surface area contributed by atoms with Gasteiger partial charge in [0.25, 0.3) is 0 Å². The molecule has 0 spiro atoms. The van der Waals surface area contributed by atoms with E-state index >= 15 is 0 Å². The van der Waals surface area contributed by atoms with Gasteiger partial charge in [-0.1, -0.05) is 18.2 Å². The van der Waals surface area contributed by atoms with Crippen LogP contribution in [-0.2, 0) is 0 Å². The molecular formula is C6H5N2O2. The van der Waals surface area contributed by atoms with Gasteiger partial charge in [-0.05, 0) is 6.07 Å². The zero-order valence-corrected chi connectivity index (χ0v) is 5.07. The first-order valence-corrected chi connectivity index (χ1v) is 2.67. The predicted octanol–water partition coefficient (Wildman–Crippen LogP) is 1.09. The number of hydrogen-bond acceptors (Lipinski definition) is 2. The van der Waals surface area contributed by atoms with Crippen LogP contribution in [0.15, 0.2) is 24.3 Å². The van der Waals surface area contributed by atoms with Crippen molar-refractivity contribution in [3.63, 3.8) is 0 Å². The first kappa shape index (κ1) is 6.54. The van der Waals surface area contributed by atoms with E-state index in [4.69, 9.17) is 0 Å². The number of rotatable bonds is 2. The molecule has 0 fully saturated rings. The molecule has 0 aliphatic heterocycles. The van der Waals surface area contributed by atoms with Gasteiger partial charge >= 0.3 is 0 Å². The SMILES string of the molecule is O=[N+]([O-])Nc1[c]cccc1. The summed E-state index contributed by atoms with van der Waals surface area (Å²) >= 11 is 0.